The van der Waals surface area contributed by atoms with E-state index in [1.807, 2.05) is 0 Å². The van der Waals surface area contributed by atoms with Crippen molar-refractivity contribution in [2.75, 3.05) is 6.61 Å². The van der Waals surface area contributed by atoms with Crippen LogP contribution in [-0.4, -0.2) is 22.7 Å². The van der Waals surface area contributed by atoms with E-state index in [2.05, 4.69) is 11.9 Å². The first-order valence-corrected chi connectivity index (χ1v) is 7.52. The Morgan fingerprint density at radius 1 is 1.28 bits per heavy atom. The van der Waals surface area contributed by atoms with E-state index < -0.39 is 0 Å². The van der Waals surface area contributed by atoms with Crippen molar-refractivity contribution in [3.63, 3.8) is 0 Å². The Balaban J connectivity index is 1.59. The molecule has 0 radical (unpaired) electrons. The number of nitrogens with zero attached hydrogens (tertiary/aromatic N) is 1. The lowest BCUT2D eigenvalue weighted by atomic mass is 9.92. The maximum Gasteiger partial charge on any atom is 0.106 e. The van der Waals surface area contributed by atoms with E-state index >= 15 is 0 Å². The molecule has 0 bridgehead atoms. The van der Waals surface area contributed by atoms with Crippen LogP contribution in [-0.2, 0) is 17.6 Å². The van der Waals surface area contributed by atoms with E-state index in [0.717, 1.165) is 19.4 Å². The third kappa shape index (κ3) is 2.61. The first kappa shape index (κ1) is 12.2. The van der Waals surface area contributed by atoms with E-state index in [1.54, 1.807) is 0 Å². The fourth-order valence-electron chi connectivity index (χ4n) is 3.25. The summed E-state index contributed by atoms with van der Waals surface area (Å²) in [6, 6.07) is 0. The van der Waals surface area contributed by atoms with Crippen molar-refractivity contribution in [1.29, 1.82) is 0 Å². The predicted molar refractivity (Wildman–Crippen MR) is 71.9 cm³/mol. The van der Waals surface area contributed by atoms with Gasteiger partial charge in [0.2, 0.25) is 0 Å². The largest absolute Gasteiger partial charge is 0.378 e. The number of aryl methyl sites for hydroxylation is 2. The summed E-state index contributed by atoms with van der Waals surface area (Å²) in [5.74, 6) is 1.83. The van der Waals surface area contributed by atoms with E-state index in [4.69, 9.17) is 9.72 Å². The third-order valence-corrected chi connectivity index (χ3v) is 4.37. The van der Waals surface area contributed by atoms with Gasteiger partial charge in [0.05, 0.1) is 11.8 Å². The van der Waals surface area contributed by atoms with Gasteiger partial charge in [-0.1, -0.05) is 6.92 Å². The van der Waals surface area contributed by atoms with E-state index in [-0.39, 0.29) is 0 Å². The number of imidazole rings is 1. The lowest BCUT2D eigenvalue weighted by Gasteiger charge is -2.21. The van der Waals surface area contributed by atoms with Gasteiger partial charge in [0.1, 0.15) is 5.82 Å². The van der Waals surface area contributed by atoms with Crippen molar-refractivity contribution in [3.8, 4) is 0 Å². The number of hydrogen-bond donors (Lipinski definition) is 1. The summed E-state index contributed by atoms with van der Waals surface area (Å²) in [6.07, 6.45) is 10.2. The van der Waals surface area contributed by atoms with Gasteiger partial charge in [-0.05, 0) is 44.9 Å². The summed E-state index contributed by atoms with van der Waals surface area (Å²) in [6.45, 7) is 3.25. The number of aromatic nitrogens is 2. The SMILES string of the molecule is CC1CCCc2[nH]c(CCC3CCCCO3)nc21. The summed E-state index contributed by atoms with van der Waals surface area (Å²) in [5, 5.41) is 0. The van der Waals surface area contributed by atoms with Crippen molar-refractivity contribution in [1.82, 2.24) is 9.97 Å². The molecule has 0 amide bonds. The summed E-state index contributed by atoms with van der Waals surface area (Å²) in [5.41, 5.74) is 2.73. The van der Waals surface area contributed by atoms with Gasteiger partial charge in [-0.15, -0.1) is 0 Å². The number of H-pyrrole nitrogens is 1. The Hall–Kier alpha value is -0.830. The van der Waals surface area contributed by atoms with Crippen LogP contribution >= 0.6 is 0 Å². The van der Waals surface area contributed by atoms with Crippen LogP contribution in [0.1, 0.15) is 68.6 Å². The van der Waals surface area contributed by atoms with Crippen LogP contribution in [0.5, 0.6) is 0 Å². The van der Waals surface area contributed by atoms with Crippen molar-refractivity contribution in [2.24, 2.45) is 0 Å². The maximum atomic E-state index is 5.78. The van der Waals surface area contributed by atoms with Gasteiger partial charge in [-0.2, -0.15) is 0 Å². The van der Waals surface area contributed by atoms with Crippen molar-refractivity contribution in [3.05, 3.63) is 17.2 Å². The molecule has 1 fully saturated rings. The Morgan fingerprint density at radius 2 is 2.22 bits per heavy atom. The molecule has 1 saturated heterocycles. The Kier molecular flexibility index (Phi) is 3.69. The molecule has 1 aromatic heterocycles. The average Bonchev–Trinajstić information content (AvgIpc) is 2.82. The highest BCUT2D eigenvalue weighted by molar-refractivity contribution is 5.21. The Morgan fingerprint density at radius 3 is 3.00 bits per heavy atom. The topological polar surface area (TPSA) is 37.9 Å². The summed E-state index contributed by atoms with van der Waals surface area (Å²) in [7, 11) is 0. The van der Waals surface area contributed by atoms with Gasteiger partial charge in [-0.25, -0.2) is 4.98 Å². The number of rotatable bonds is 3. The first-order chi connectivity index (χ1) is 8.83. The quantitative estimate of drug-likeness (QED) is 0.890. The highest BCUT2D eigenvalue weighted by Crippen LogP contribution is 2.29. The molecule has 2 aliphatic rings. The smallest absolute Gasteiger partial charge is 0.106 e. The number of hydrogen-bond acceptors (Lipinski definition) is 2. The number of nitrogens with one attached hydrogen (secondary N) is 1. The zero-order chi connectivity index (χ0) is 12.4. The van der Waals surface area contributed by atoms with Crippen LogP contribution in [0.25, 0.3) is 0 Å². The maximum absolute atomic E-state index is 5.78. The van der Waals surface area contributed by atoms with Crippen molar-refractivity contribution in [2.45, 2.75) is 70.3 Å². The summed E-state index contributed by atoms with van der Waals surface area (Å²) < 4.78 is 5.78. The molecule has 2 heterocycles. The second kappa shape index (κ2) is 5.43. The summed E-state index contributed by atoms with van der Waals surface area (Å²) in [4.78, 5) is 8.34. The molecule has 1 aliphatic heterocycles. The van der Waals surface area contributed by atoms with Gasteiger partial charge in [-0.3, -0.25) is 0 Å². The Bertz CT molecular complexity index is 393. The van der Waals surface area contributed by atoms with Gasteiger partial charge >= 0.3 is 0 Å². The zero-order valence-corrected chi connectivity index (χ0v) is 11.4. The number of fused-ring (bicyclic) bond motifs is 1. The van der Waals surface area contributed by atoms with E-state index in [9.17, 15) is 0 Å². The fraction of sp³-hybridized carbons (Fsp3) is 0.800. The highest BCUT2D eigenvalue weighted by Gasteiger charge is 2.21. The molecule has 2 atom stereocenters. The molecule has 1 aromatic rings. The van der Waals surface area contributed by atoms with Crippen LogP contribution < -0.4 is 0 Å². The van der Waals surface area contributed by atoms with Crippen LogP contribution in [0.2, 0.25) is 0 Å². The van der Waals surface area contributed by atoms with Crippen LogP contribution in [0.15, 0.2) is 0 Å². The molecular formula is C15H24N2O. The standard InChI is InChI=1S/C15H24N2O/c1-11-5-4-7-13-15(11)17-14(16-13)9-8-12-6-2-3-10-18-12/h11-12H,2-10H2,1H3,(H,16,17). The molecule has 3 rings (SSSR count). The molecule has 0 spiro atoms. The van der Waals surface area contributed by atoms with E-state index in [0.29, 0.717) is 12.0 Å². The zero-order valence-electron chi connectivity index (χ0n) is 11.4. The molecule has 0 aromatic carbocycles. The highest BCUT2D eigenvalue weighted by atomic mass is 16.5. The lowest BCUT2D eigenvalue weighted by molar-refractivity contribution is 0.0112. The second-order valence-electron chi connectivity index (χ2n) is 5.87. The fourth-order valence-corrected chi connectivity index (χ4v) is 3.25. The van der Waals surface area contributed by atoms with Gasteiger partial charge in [0.15, 0.2) is 0 Å². The number of aromatic amines is 1. The second-order valence-corrected chi connectivity index (χ2v) is 5.87. The molecule has 3 heteroatoms. The van der Waals surface area contributed by atoms with Crippen LogP contribution in [0.4, 0.5) is 0 Å². The van der Waals surface area contributed by atoms with Gasteiger partial charge < -0.3 is 9.72 Å². The average molecular weight is 248 g/mol. The minimum atomic E-state index is 0.471. The molecule has 1 aliphatic carbocycles. The monoisotopic (exact) mass is 248 g/mol. The van der Waals surface area contributed by atoms with Gasteiger partial charge in [0, 0.05) is 24.6 Å². The van der Waals surface area contributed by atoms with E-state index in [1.165, 1.54) is 55.7 Å². The summed E-state index contributed by atoms with van der Waals surface area (Å²) >= 11 is 0. The third-order valence-electron chi connectivity index (χ3n) is 4.37. The van der Waals surface area contributed by atoms with Crippen molar-refractivity contribution < 1.29 is 4.74 Å². The molecular weight excluding hydrogens is 224 g/mol. The molecule has 1 N–H and O–H groups in total. The molecule has 3 nitrogen and oxygen atoms in total. The van der Waals surface area contributed by atoms with Gasteiger partial charge in [0.25, 0.3) is 0 Å². The molecule has 0 saturated carbocycles. The first-order valence-electron chi connectivity index (χ1n) is 7.52. The van der Waals surface area contributed by atoms with Crippen molar-refractivity contribution >= 4 is 0 Å². The molecule has 18 heavy (non-hydrogen) atoms. The molecule has 100 valence electrons. The normalized spacial score (nSPS) is 28.1. The lowest BCUT2D eigenvalue weighted by Crippen LogP contribution is -2.19. The van der Waals surface area contributed by atoms with Crippen LogP contribution in [0, 0.1) is 0 Å². The minimum Gasteiger partial charge on any atom is -0.378 e. The predicted octanol–water partition coefficient (Wildman–Crippen LogP) is 3.35. The van der Waals surface area contributed by atoms with Crippen LogP contribution in [0.3, 0.4) is 0 Å². The molecule has 2 unspecified atom stereocenters. The Labute approximate surface area is 109 Å². The minimum absolute atomic E-state index is 0.471. The number of ether oxygens (including phenoxy) is 1.